The molecule has 0 aliphatic heterocycles. The second-order valence-corrected chi connectivity index (χ2v) is 4.21. The summed E-state index contributed by atoms with van der Waals surface area (Å²) < 4.78 is 10.8. The number of fused-ring (bicyclic) bond motifs is 1. The van der Waals surface area contributed by atoms with Crippen LogP contribution < -0.4 is 10.1 Å². The first-order valence-corrected chi connectivity index (χ1v) is 6.58. The summed E-state index contributed by atoms with van der Waals surface area (Å²) in [6.45, 7) is 6.04. The van der Waals surface area contributed by atoms with E-state index < -0.39 is 0 Å². The molecule has 2 rings (SSSR count). The van der Waals surface area contributed by atoms with Crippen molar-refractivity contribution in [2.24, 2.45) is 0 Å². The molecular weight excluding hydrogens is 240 g/mol. The van der Waals surface area contributed by atoms with E-state index in [1.807, 2.05) is 25.1 Å². The fourth-order valence-corrected chi connectivity index (χ4v) is 2.11. The van der Waals surface area contributed by atoms with Crippen LogP contribution in [0.4, 0.5) is 5.69 Å². The minimum Gasteiger partial charge on any atom is -0.492 e. The number of hydrogen-bond acceptors (Lipinski definition) is 4. The lowest BCUT2D eigenvalue weighted by Crippen LogP contribution is -2.03. The zero-order chi connectivity index (χ0) is 13.7. The maximum Gasteiger partial charge on any atom is 0.145 e. The second kappa shape index (κ2) is 6.38. The zero-order valence-corrected chi connectivity index (χ0v) is 11.7. The Balaban J connectivity index is 2.60. The van der Waals surface area contributed by atoms with Crippen molar-refractivity contribution in [1.29, 1.82) is 0 Å². The summed E-state index contributed by atoms with van der Waals surface area (Å²) in [5.74, 6) is 0.817. The highest BCUT2D eigenvalue weighted by atomic mass is 16.5. The third kappa shape index (κ3) is 2.96. The van der Waals surface area contributed by atoms with E-state index in [-0.39, 0.29) is 0 Å². The predicted molar refractivity (Wildman–Crippen MR) is 77.8 cm³/mol. The smallest absolute Gasteiger partial charge is 0.145 e. The Morgan fingerprint density at radius 2 is 2.11 bits per heavy atom. The zero-order valence-electron chi connectivity index (χ0n) is 11.7. The maximum atomic E-state index is 5.65. The van der Waals surface area contributed by atoms with Gasteiger partial charge in [0.1, 0.15) is 11.3 Å². The number of nitrogens with zero attached hydrogens (tertiary/aromatic N) is 1. The molecule has 0 bridgehead atoms. The minimum absolute atomic E-state index is 0.495. The fourth-order valence-electron chi connectivity index (χ4n) is 2.11. The van der Waals surface area contributed by atoms with Crippen LogP contribution in [-0.4, -0.2) is 25.2 Å². The average Bonchev–Trinajstić information content (AvgIpc) is 2.41. The van der Waals surface area contributed by atoms with Gasteiger partial charge in [0, 0.05) is 24.7 Å². The molecule has 1 heterocycles. The first-order valence-electron chi connectivity index (χ1n) is 6.58. The van der Waals surface area contributed by atoms with Crippen LogP contribution in [0.2, 0.25) is 0 Å². The fraction of sp³-hybridized carbons (Fsp3) is 0.400. The van der Waals surface area contributed by atoms with E-state index in [0.29, 0.717) is 13.2 Å². The largest absolute Gasteiger partial charge is 0.492 e. The first kappa shape index (κ1) is 13.6. The van der Waals surface area contributed by atoms with Crippen molar-refractivity contribution >= 4 is 16.6 Å². The molecule has 0 spiro atoms. The van der Waals surface area contributed by atoms with Crippen LogP contribution in [0.3, 0.4) is 0 Å². The number of methoxy groups -OCH3 is 1. The van der Waals surface area contributed by atoms with Gasteiger partial charge in [-0.1, -0.05) is 12.1 Å². The summed E-state index contributed by atoms with van der Waals surface area (Å²) in [6.07, 6.45) is 0. The quantitative estimate of drug-likeness (QED) is 0.866. The SMILES string of the molecule is CCNc1cc(COC)nc2c(OCC)cccc12. The Morgan fingerprint density at radius 3 is 2.79 bits per heavy atom. The molecule has 1 aromatic heterocycles. The van der Waals surface area contributed by atoms with Crippen LogP contribution in [-0.2, 0) is 11.3 Å². The highest BCUT2D eigenvalue weighted by Gasteiger charge is 2.09. The Kier molecular flexibility index (Phi) is 4.58. The normalized spacial score (nSPS) is 10.7. The molecule has 0 fully saturated rings. The Bertz CT molecular complexity index is 555. The molecule has 0 saturated heterocycles. The van der Waals surface area contributed by atoms with E-state index in [2.05, 4.69) is 23.3 Å². The van der Waals surface area contributed by atoms with Crippen LogP contribution in [0.5, 0.6) is 5.75 Å². The Hall–Kier alpha value is -1.81. The van der Waals surface area contributed by atoms with Crippen molar-refractivity contribution in [2.75, 3.05) is 25.6 Å². The van der Waals surface area contributed by atoms with Gasteiger partial charge in [0.05, 0.1) is 18.9 Å². The molecule has 0 radical (unpaired) electrons. The number of nitrogens with one attached hydrogen (secondary N) is 1. The lowest BCUT2D eigenvalue weighted by molar-refractivity contribution is 0.182. The molecule has 0 amide bonds. The van der Waals surface area contributed by atoms with Gasteiger partial charge in [0.15, 0.2) is 0 Å². The summed E-state index contributed by atoms with van der Waals surface area (Å²) in [7, 11) is 1.67. The minimum atomic E-state index is 0.495. The van der Waals surface area contributed by atoms with Crippen molar-refractivity contribution < 1.29 is 9.47 Å². The molecule has 1 aromatic carbocycles. The monoisotopic (exact) mass is 260 g/mol. The molecule has 0 aliphatic rings. The van der Waals surface area contributed by atoms with E-state index in [9.17, 15) is 0 Å². The van der Waals surface area contributed by atoms with Crippen molar-refractivity contribution in [3.63, 3.8) is 0 Å². The lowest BCUT2D eigenvalue weighted by Gasteiger charge is -2.13. The van der Waals surface area contributed by atoms with Gasteiger partial charge in [-0.15, -0.1) is 0 Å². The lowest BCUT2D eigenvalue weighted by atomic mass is 10.1. The van der Waals surface area contributed by atoms with Crippen molar-refractivity contribution in [3.05, 3.63) is 30.0 Å². The average molecular weight is 260 g/mol. The second-order valence-electron chi connectivity index (χ2n) is 4.21. The molecule has 4 nitrogen and oxygen atoms in total. The summed E-state index contributed by atoms with van der Waals surface area (Å²) in [4.78, 5) is 4.64. The molecule has 19 heavy (non-hydrogen) atoms. The van der Waals surface area contributed by atoms with Crippen molar-refractivity contribution in [3.8, 4) is 5.75 Å². The molecular formula is C15H20N2O2. The number of hydrogen-bond donors (Lipinski definition) is 1. The number of rotatable bonds is 6. The molecule has 0 aliphatic carbocycles. The van der Waals surface area contributed by atoms with Crippen LogP contribution >= 0.6 is 0 Å². The number of anilines is 1. The predicted octanol–water partition coefficient (Wildman–Crippen LogP) is 3.21. The topological polar surface area (TPSA) is 43.4 Å². The third-order valence-corrected chi connectivity index (χ3v) is 2.81. The van der Waals surface area contributed by atoms with Gasteiger partial charge in [0.25, 0.3) is 0 Å². The van der Waals surface area contributed by atoms with E-state index in [1.165, 1.54) is 0 Å². The van der Waals surface area contributed by atoms with Gasteiger partial charge in [0.2, 0.25) is 0 Å². The summed E-state index contributed by atoms with van der Waals surface area (Å²) in [6, 6.07) is 8.03. The number of ether oxygens (including phenoxy) is 2. The number of aromatic nitrogens is 1. The van der Waals surface area contributed by atoms with Crippen LogP contribution in [0.1, 0.15) is 19.5 Å². The molecule has 4 heteroatoms. The van der Waals surface area contributed by atoms with Gasteiger partial charge < -0.3 is 14.8 Å². The first-order chi connectivity index (χ1) is 9.30. The Morgan fingerprint density at radius 1 is 1.26 bits per heavy atom. The molecule has 0 atom stereocenters. The van der Waals surface area contributed by atoms with Gasteiger partial charge in [-0.25, -0.2) is 4.98 Å². The van der Waals surface area contributed by atoms with E-state index in [1.54, 1.807) is 7.11 Å². The molecule has 1 N–H and O–H groups in total. The molecule has 102 valence electrons. The van der Waals surface area contributed by atoms with E-state index in [4.69, 9.17) is 9.47 Å². The number of pyridine rings is 1. The summed E-state index contributed by atoms with van der Waals surface area (Å²) >= 11 is 0. The standard InChI is InChI=1S/C15H20N2O2/c1-4-16-13-9-11(10-18-3)17-15-12(13)7-6-8-14(15)19-5-2/h6-9H,4-5,10H2,1-3H3,(H,16,17). The highest BCUT2D eigenvalue weighted by molar-refractivity contribution is 5.95. The van der Waals surface area contributed by atoms with Crippen LogP contribution in [0.25, 0.3) is 10.9 Å². The van der Waals surface area contributed by atoms with E-state index >= 15 is 0 Å². The van der Waals surface area contributed by atoms with Crippen molar-refractivity contribution in [2.45, 2.75) is 20.5 Å². The van der Waals surface area contributed by atoms with Gasteiger partial charge in [-0.2, -0.15) is 0 Å². The van der Waals surface area contributed by atoms with E-state index in [0.717, 1.165) is 34.6 Å². The maximum absolute atomic E-state index is 5.65. The van der Waals surface area contributed by atoms with Gasteiger partial charge in [-0.3, -0.25) is 0 Å². The Labute approximate surface area is 113 Å². The molecule has 2 aromatic rings. The molecule has 0 unspecified atom stereocenters. The molecule has 0 saturated carbocycles. The van der Waals surface area contributed by atoms with Crippen LogP contribution in [0, 0.1) is 0 Å². The number of para-hydroxylation sites is 1. The summed E-state index contributed by atoms with van der Waals surface area (Å²) in [5.41, 5.74) is 2.86. The van der Waals surface area contributed by atoms with Gasteiger partial charge in [-0.05, 0) is 26.0 Å². The summed E-state index contributed by atoms with van der Waals surface area (Å²) in [5, 5.41) is 4.44. The van der Waals surface area contributed by atoms with Gasteiger partial charge >= 0.3 is 0 Å². The van der Waals surface area contributed by atoms with Crippen molar-refractivity contribution in [1.82, 2.24) is 4.98 Å². The third-order valence-electron chi connectivity index (χ3n) is 2.81. The number of benzene rings is 1. The van der Waals surface area contributed by atoms with Crippen LogP contribution in [0.15, 0.2) is 24.3 Å². The highest BCUT2D eigenvalue weighted by Crippen LogP contribution is 2.30.